The van der Waals surface area contributed by atoms with E-state index in [4.69, 9.17) is 27.9 Å². The molecule has 0 unspecified atom stereocenters. The Morgan fingerprint density at radius 1 is 0.895 bits per heavy atom. The molecule has 0 atom stereocenters. The minimum Gasteiger partial charge on any atom is -0.488 e. The Hall–Kier alpha value is -1.18. The number of halogens is 2. The third-order valence-corrected chi connectivity index (χ3v) is 3.71. The van der Waals surface area contributed by atoms with Gasteiger partial charge in [-0.2, -0.15) is 0 Å². The standard InChI is InChI=1S/C16H16Cl2O/c1-10-6-11(2)16(12(3)7-10)19-9-13-4-5-14(17)15(18)8-13/h4-8H,9H2,1-3H3. The quantitative estimate of drug-likeness (QED) is 0.726. The summed E-state index contributed by atoms with van der Waals surface area (Å²) in [5.41, 5.74) is 4.56. The van der Waals surface area contributed by atoms with Crippen LogP contribution in [0.15, 0.2) is 30.3 Å². The lowest BCUT2D eigenvalue weighted by Crippen LogP contribution is -1.99. The fraction of sp³-hybridized carbons (Fsp3) is 0.250. The van der Waals surface area contributed by atoms with E-state index in [1.54, 1.807) is 6.07 Å². The molecule has 0 heterocycles. The number of benzene rings is 2. The van der Waals surface area contributed by atoms with E-state index >= 15 is 0 Å². The van der Waals surface area contributed by atoms with Crippen LogP contribution >= 0.6 is 23.2 Å². The van der Waals surface area contributed by atoms with Crippen LogP contribution in [0.1, 0.15) is 22.3 Å². The largest absolute Gasteiger partial charge is 0.488 e. The van der Waals surface area contributed by atoms with Crippen molar-refractivity contribution < 1.29 is 4.74 Å². The second kappa shape index (κ2) is 5.85. The highest BCUT2D eigenvalue weighted by atomic mass is 35.5. The van der Waals surface area contributed by atoms with Gasteiger partial charge in [-0.15, -0.1) is 0 Å². The summed E-state index contributed by atoms with van der Waals surface area (Å²) in [6, 6.07) is 9.79. The van der Waals surface area contributed by atoms with Gasteiger partial charge in [-0.1, -0.05) is 47.0 Å². The van der Waals surface area contributed by atoms with Crippen LogP contribution in [-0.4, -0.2) is 0 Å². The van der Waals surface area contributed by atoms with Crippen molar-refractivity contribution in [1.82, 2.24) is 0 Å². The van der Waals surface area contributed by atoms with Crippen LogP contribution in [0.3, 0.4) is 0 Å². The van der Waals surface area contributed by atoms with Crippen LogP contribution < -0.4 is 4.74 Å². The molecule has 1 nitrogen and oxygen atoms in total. The van der Waals surface area contributed by atoms with E-state index in [0.29, 0.717) is 16.7 Å². The highest BCUT2D eigenvalue weighted by Crippen LogP contribution is 2.27. The molecule has 0 N–H and O–H groups in total. The molecule has 0 radical (unpaired) electrons. The van der Waals surface area contributed by atoms with Crippen molar-refractivity contribution in [2.45, 2.75) is 27.4 Å². The zero-order valence-corrected chi connectivity index (χ0v) is 12.8. The highest BCUT2D eigenvalue weighted by Gasteiger charge is 2.06. The molecule has 2 rings (SSSR count). The summed E-state index contributed by atoms with van der Waals surface area (Å²) in [7, 11) is 0. The molecule has 0 bridgehead atoms. The number of aryl methyl sites for hydroxylation is 3. The van der Waals surface area contributed by atoms with E-state index in [2.05, 4.69) is 32.9 Å². The predicted octanol–water partition coefficient (Wildman–Crippen LogP) is 5.50. The van der Waals surface area contributed by atoms with E-state index in [9.17, 15) is 0 Å². The van der Waals surface area contributed by atoms with E-state index in [1.165, 1.54) is 5.56 Å². The minimum atomic E-state index is 0.488. The fourth-order valence-electron chi connectivity index (χ4n) is 2.18. The molecule has 3 heteroatoms. The molecular weight excluding hydrogens is 279 g/mol. The Morgan fingerprint density at radius 2 is 1.53 bits per heavy atom. The normalized spacial score (nSPS) is 10.6. The maximum atomic E-state index is 5.99. The van der Waals surface area contributed by atoms with Crippen LogP contribution in [0.5, 0.6) is 5.75 Å². The van der Waals surface area contributed by atoms with Gasteiger partial charge in [0.15, 0.2) is 0 Å². The number of ether oxygens (including phenoxy) is 1. The fourth-order valence-corrected chi connectivity index (χ4v) is 2.50. The first-order valence-electron chi connectivity index (χ1n) is 6.12. The van der Waals surface area contributed by atoms with E-state index in [-0.39, 0.29) is 0 Å². The number of rotatable bonds is 3. The smallest absolute Gasteiger partial charge is 0.125 e. The first kappa shape index (κ1) is 14.2. The highest BCUT2D eigenvalue weighted by molar-refractivity contribution is 6.42. The van der Waals surface area contributed by atoms with Crippen molar-refractivity contribution in [3.63, 3.8) is 0 Å². The van der Waals surface area contributed by atoms with Gasteiger partial charge in [-0.05, 0) is 49.6 Å². The van der Waals surface area contributed by atoms with E-state index in [0.717, 1.165) is 22.4 Å². The SMILES string of the molecule is Cc1cc(C)c(OCc2ccc(Cl)c(Cl)c2)c(C)c1. The van der Waals surface area contributed by atoms with Crippen LogP contribution in [0.25, 0.3) is 0 Å². The molecule has 0 amide bonds. The van der Waals surface area contributed by atoms with Gasteiger partial charge >= 0.3 is 0 Å². The van der Waals surface area contributed by atoms with Gasteiger partial charge in [-0.3, -0.25) is 0 Å². The Labute approximate surface area is 124 Å². The summed E-state index contributed by atoms with van der Waals surface area (Å²) >= 11 is 11.9. The maximum absolute atomic E-state index is 5.99. The van der Waals surface area contributed by atoms with Crippen LogP contribution in [0.4, 0.5) is 0 Å². The third kappa shape index (κ3) is 3.43. The zero-order valence-electron chi connectivity index (χ0n) is 11.3. The first-order chi connectivity index (χ1) is 8.97. The van der Waals surface area contributed by atoms with E-state index in [1.807, 2.05) is 12.1 Å². The molecular formula is C16H16Cl2O. The summed E-state index contributed by atoms with van der Waals surface area (Å²) in [6.45, 7) is 6.69. The number of hydrogen-bond acceptors (Lipinski definition) is 1. The van der Waals surface area contributed by atoms with Crippen molar-refractivity contribution in [3.8, 4) is 5.75 Å². The molecule has 0 spiro atoms. The predicted molar refractivity (Wildman–Crippen MR) is 81.4 cm³/mol. The lowest BCUT2D eigenvalue weighted by Gasteiger charge is -2.13. The Kier molecular flexibility index (Phi) is 4.38. The van der Waals surface area contributed by atoms with Gasteiger partial charge in [0.2, 0.25) is 0 Å². The third-order valence-electron chi connectivity index (χ3n) is 2.97. The molecule has 0 aliphatic rings. The first-order valence-corrected chi connectivity index (χ1v) is 6.87. The lowest BCUT2D eigenvalue weighted by molar-refractivity contribution is 0.302. The molecule has 100 valence electrons. The Bertz CT molecular complexity index is 583. The monoisotopic (exact) mass is 294 g/mol. The van der Waals surface area contributed by atoms with Gasteiger partial charge in [0.05, 0.1) is 10.0 Å². The van der Waals surface area contributed by atoms with Crippen molar-refractivity contribution >= 4 is 23.2 Å². The van der Waals surface area contributed by atoms with Gasteiger partial charge in [0, 0.05) is 0 Å². The molecule has 0 aliphatic heterocycles. The summed E-state index contributed by atoms with van der Waals surface area (Å²) in [5.74, 6) is 0.941. The van der Waals surface area contributed by atoms with Gasteiger partial charge in [0.1, 0.15) is 12.4 Å². The summed E-state index contributed by atoms with van der Waals surface area (Å²) in [4.78, 5) is 0. The summed E-state index contributed by atoms with van der Waals surface area (Å²) in [5, 5.41) is 1.12. The lowest BCUT2D eigenvalue weighted by atomic mass is 10.1. The molecule has 0 saturated heterocycles. The van der Waals surface area contributed by atoms with Crippen LogP contribution in [0, 0.1) is 20.8 Å². The van der Waals surface area contributed by atoms with Crippen molar-refractivity contribution in [3.05, 3.63) is 62.6 Å². The molecule has 2 aromatic rings. The van der Waals surface area contributed by atoms with Gasteiger partial charge in [0.25, 0.3) is 0 Å². The average Bonchev–Trinajstić information content (AvgIpc) is 2.32. The molecule has 2 aromatic carbocycles. The molecule has 0 aliphatic carbocycles. The van der Waals surface area contributed by atoms with Crippen molar-refractivity contribution in [2.75, 3.05) is 0 Å². The van der Waals surface area contributed by atoms with Gasteiger partial charge < -0.3 is 4.74 Å². The van der Waals surface area contributed by atoms with Gasteiger partial charge in [-0.25, -0.2) is 0 Å². The second-order valence-electron chi connectivity index (χ2n) is 4.76. The average molecular weight is 295 g/mol. The summed E-state index contributed by atoms with van der Waals surface area (Å²) < 4.78 is 5.90. The van der Waals surface area contributed by atoms with E-state index < -0.39 is 0 Å². The second-order valence-corrected chi connectivity index (χ2v) is 5.58. The topological polar surface area (TPSA) is 9.23 Å². The van der Waals surface area contributed by atoms with Crippen molar-refractivity contribution in [2.24, 2.45) is 0 Å². The molecule has 19 heavy (non-hydrogen) atoms. The molecule has 0 aromatic heterocycles. The molecule has 0 saturated carbocycles. The number of hydrogen-bond donors (Lipinski definition) is 0. The maximum Gasteiger partial charge on any atom is 0.125 e. The summed E-state index contributed by atoms with van der Waals surface area (Å²) in [6.07, 6.45) is 0. The molecule has 0 fully saturated rings. The van der Waals surface area contributed by atoms with Crippen LogP contribution in [0.2, 0.25) is 10.0 Å². The van der Waals surface area contributed by atoms with Crippen LogP contribution in [-0.2, 0) is 6.61 Å². The Morgan fingerprint density at radius 3 is 2.11 bits per heavy atom. The van der Waals surface area contributed by atoms with Crippen molar-refractivity contribution in [1.29, 1.82) is 0 Å². The zero-order chi connectivity index (χ0) is 14.0. The Balaban J connectivity index is 2.16. The minimum absolute atomic E-state index is 0.488.